The van der Waals surface area contributed by atoms with Crippen LogP contribution in [0.25, 0.3) is 0 Å². The molecular weight excluding hydrogens is 164 g/mol. The quantitative estimate of drug-likeness (QED) is 0.523. The first-order valence-electron chi connectivity index (χ1n) is 5.16. The summed E-state index contributed by atoms with van der Waals surface area (Å²) >= 11 is 0. The van der Waals surface area contributed by atoms with Crippen LogP contribution in [0.1, 0.15) is 25.7 Å². The van der Waals surface area contributed by atoms with E-state index in [0.717, 1.165) is 6.61 Å². The van der Waals surface area contributed by atoms with Gasteiger partial charge >= 0.3 is 0 Å². The third-order valence-corrected chi connectivity index (χ3v) is 2.81. The number of hydrogen-bond donors (Lipinski definition) is 1. The van der Waals surface area contributed by atoms with Crippen LogP contribution in [-0.4, -0.2) is 24.9 Å². The van der Waals surface area contributed by atoms with Crippen molar-refractivity contribution in [3.8, 4) is 0 Å². The van der Waals surface area contributed by atoms with Crippen molar-refractivity contribution in [3.63, 3.8) is 0 Å². The second kappa shape index (κ2) is 6.17. The fraction of sp³-hybridized carbons (Fsp3) is 0.818. The summed E-state index contributed by atoms with van der Waals surface area (Å²) < 4.78 is 5.41. The lowest BCUT2D eigenvalue weighted by Gasteiger charge is -2.26. The standard InChI is InChI=1S/C11H20O2/c1-2-7-13-9-11-5-3-10(8-12)4-6-11/h2,10-12H,1,3-9H2. The molecule has 0 spiro atoms. The van der Waals surface area contributed by atoms with E-state index in [0.29, 0.717) is 25.0 Å². The lowest BCUT2D eigenvalue weighted by molar-refractivity contribution is 0.0849. The summed E-state index contributed by atoms with van der Waals surface area (Å²) in [5.74, 6) is 1.26. The van der Waals surface area contributed by atoms with Crippen molar-refractivity contribution in [2.75, 3.05) is 19.8 Å². The molecule has 76 valence electrons. The first kappa shape index (κ1) is 10.7. The molecule has 1 saturated carbocycles. The highest BCUT2D eigenvalue weighted by molar-refractivity contribution is 4.72. The van der Waals surface area contributed by atoms with Gasteiger partial charge in [-0.2, -0.15) is 0 Å². The molecule has 0 bridgehead atoms. The van der Waals surface area contributed by atoms with Gasteiger partial charge in [-0.25, -0.2) is 0 Å². The number of aliphatic hydroxyl groups is 1. The van der Waals surface area contributed by atoms with Gasteiger partial charge in [0.2, 0.25) is 0 Å². The lowest BCUT2D eigenvalue weighted by Crippen LogP contribution is -2.20. The Balaban J connectivity index is 2.06. The van der Waals surface area contributed by atoms with E-state index in [4.69, 9.17) is 9.84 Å². The topological polar surface area (TPSA) is 29.5 Å². The molecule has 1 aliphatic carbocycles. The fourth-order valence-electron chi connectivity index (χ4n) is 1.90. The predicted molar refractivity (Wildman–Crippen MR) is 53.5 cm³/mol. The van der Waals surface area contributed by atoms with Crippen LogP contribution in [0.15, 0.2) is 12.7 Å². The Morgan fingerprint density at radius 3 is 2.38 bits per heavy atom. The number of hydrogen-bond acceptors (Lipinski definition) is 2. The van der Waals surface area contributed by atoms with Crippen LogP contribution in [0.3, 0.4) is 0 Å². The minimum atomic E-state index is 0.361. The van der Waals surface area contributed by atoms with E-state index in [1.165, 1.54) is 25.7 Å². The van der Waals surface area contributed by atoms with E-state index in [1.54, 1.807) is 6.08 Å². The van der Waals surface area contributed by atoms with Crippen LogP contribution in [0.5, 0.6) is 0 Å². The van der Waals surface area contributed by atoms with Crippen LogP contribution in [0, 0.1) is 11.8 Å². The van der Waals surface area contributed by atoms with Gasteiger partial charge < -0.3 is 9.84 Å². The first-order chi connectivity index (χ1) is 6.36. The third kappa shape index (κ3) is 3.92. The SMILES string of the molecule is C=CCOCC1CCC(CO)CC1. The van der Waals surface area contributed by atoms with Gasteiger partial charge in [0, 0.05) is 13.2 Å². The van der Waals surface area contributed by atoms with Crippen LogP contribution < -0.4 is 0 Å². The molecule has 13 heavy (non-hydrogen) atoms. The predicted octanol–water partition coefficient (Wildman–Crippen LogP) is 1.99. The summed E-state index contributed by atoms with van der Waals surface area (Å²) in [5, 5.41) is 8.95. The molecule has 2 nitrogen and oxygen atoms in total. The summed E-state index contributed by atoms with van der Waals surface area (Å²) in [4.78, 5) is 0. The summed E-state index contributed by atoms with van der Waals surface area (Å²) in [6.07, 6.45) is 6.54. The highest BCUT2D eigenvalue weighted by Crippen LogP contribution is 2.28. The Morgan fingerprint density at radius 2 is 1.85 bits per heavy atom. The third-order valence-electron chi connectivity index (χ3n) is 2.81. The van der Waals surface area contributed by atoms with Crippen molar-refractivity contribution in [2.45, 2.75) is 25.7 Å². The molecule has 2 heteroatoms. The molecule has 1 fully saturated rings. The van der Waals surface area contributed by atoms with Gasteiger partial charge in [-0.15, -0.1) is 6.58 Å². The van der Waals surface area contributed by atoms with Crippen LogP contribution >= 0.6 is 0 Å². The van der Waals surface area contributed by atoms with E-state index in [1.807, 2.05) is 0 Å². The Hall–Kier alpha value is -0.340. The van der Waals surface area contributed by atoms with Gasteiger partial charge in [0.05, 0.1) is 6.61 Å². The average molecular weight is 184 g/mol. The van der Waals surface area contributed by atoms with Crippen LogP contribution in [0.4, 0.5) is 0 Å². The molecule has 0 radical (unpaired) electrons. The average Bonchev–Trinajstić information content (AvgIpc) is 2.19. The second-order valence-electron chi connectivity index (χ2n) is 3.90. The number of aliphatic hydroxyl groups excluding tert-OH is 1. The second-order valence-corrected chi connectivity index (χ2v) is 3.90. The molecule has 0 aliphatic heterocycles. The maximum atomic E-state index is 8.95. The van der Waals surface area contributed by atoms with Gasteiger partial charge in [0.25, 0.3) is 0 Å². The molecule has 1 aliphatic rings. The van der Waals surface area contributed by atoms with E-state index in [9.17, 15) is 0 Å². The molecule has 0 aromatic carbocycles. The molecule has 0 atom stereocenters. The zero-order chi connectivity index (χ0) is 9.52. The molecule has 0 aromatic heterocycles. The van der Waals surface area contributed by atoms with E-state index in [-0.39, 0.29) is 0 Å². The summed E-state index contributed by atoms with van der Waals surface area (Å²) in [6.45, 7) is 5.50. The Kier molecular flexibility index (Phi) is 5.09. The van der Waals surface area contributed by atoms with Gasteiger partial charge in [-0.1, -0.05) is 6.08 Å². The molecule has 0 heterocycles. The zero-order valence-corrected chi connectivity index (χ0v) is 8.24. The largest absolute Gasteiger partial charge is 0.396 e. The van der Waals surface area contributed by atoms with Crippen molar-refractivity contribution >= 4 is 0 Å². The number of ether oxygens (including phenoxy) is 1. The Morgan fingerprint density at radius 1 is 1.23 bits per heavy atom. The molecule has 0 unspecified atom stereocenters. The zero-order valence-electron chi connectivity index (χ0n) is 8.24. The van der Waals surface area contributed by atoms with Crippen LogP contribution in [-0.2, 0) is 4.74 Å². The monoisotopic (exact) mass is 184 g/mol. The van der Waals surface area contributed by atoms with Crippen molar-refractivity contribution in [1.29, 1.82) is 0 Å². The smallest absolute Gasteiger partial charge is 0.0644 e. The maximum Gasteiger partial charge on any atom is 0.0644 e. The molecule has 1 N–H and O–H groups in total. The molecule has 1 rings (SSSR count). The van der Waals surface area contributed by atoms with Crippen molar-refractivity contribution in [2.24, 2.45) is 11.8 Å². The van der Waals surface area contributed by atoms with Crippen molar-refractivity contribution in [1.82, 2.24) is 0 Å². The van der Waals surface area contributed by atoms with Gasteiger partial charge in [0.1, 0.15) is 0 Å². The first-order valence-corrected chi connectivity index (χ1v) is 5.16. The summed E-state index contributed by atoms with van der Waals surface area (Å²) in [5.41, 5.74) is 0. The molecule has 0 aromatic rings. The van der Waals surface area contributed by atoms with Gasteiger partial charge in [0.15, 0.2) is 0 Å². The van der Waals surface area contributed by atoms with Gasteiger partial charge in [-0.3, -0.25) is 0 Å². The summed E-state index contributed by atoms with van der Waals surface area (Å²) in [7, 11) is 0. The van der Waals surface area contributed by atoms with Crippen LogP contribution in [0.2, 0.25) is 0 Å². The molecule has 0 amide bonds. The molecule has 0 saturated heterocycles. The normalized spacial score (nSPS) is 28.7. The van der Waals surface area contributed by atoms with E-state index >= 15 is 0 Å². The van der Waals surface area contributed by atoms with E-state index < -0.39 is 0 Å². The maximum absolute atomic E-state index is 8.95. The Bertz CT molecular complexity index is 137. The minimum Gasteiger partial charge on any atom is -0.396 e. The van der Waals surface area contributed by atoms with E-state index in [2.05, 4.69) is 6.58 Å². The highest BCUT2D eigenvalue weighted by atomic mass is 16.5. The number of rotatable bonds is 5. The molecular formula is C11H20O2. The summed E-state index contributed by atoms with van der Waals surface area (Å²) in [6, 6.07) is 0. The highest BCUT2D eigenvalue weighted by Gasteiger charge is 2.20. The fourth-order valence-corrected chi connectivity index (χ4v) is 1.90. The Labute approximate surface area is 80.6 Å². The lowest BCUT2D eigenvalue weighted by atomic mass is 9.83. The van der Waals surface area contributed by atoms with Gasteiger partial charge in [-0.05, 0) is 37.5 Å². The minimum absolute atomic E-state index is 0.361. The van der Waals surface area contributed by atoms with Crippen molar-refractivity contribution < 1.29 is 9.84 Å². The van der Waals surface area contributed by atoms with Crippen molar-refractivity contribution in [3.05, 3.63) is 12.7 Å².